The fourth-order valence-electron chi connectivity index (χ4n) is 3.61. The molecule has 0 atom stereocenters. The first kappa shape index (κ1) is 20.9. The van der Waals surface area contributed by atoms with Gasteiger partial charge in [0.05, 0.1) is 10.6 Å². The van der Waals surface area contributed by atoms with Gasteiger partial charge in [-0.2, -0.15) is 5.26 Å². The van der Waals surface area contributed by atoms with Crippen molar-refractivity contribution in [3.05, 3.63) is 68.8 Å². The average molecular weight is 452 g/mol. The number of nitrogens with one attached hydrogen (secondary N) is 1. The lowest BCUT2D eigenvalue weighted by Crippen LogP contribution is -2.19. The first-order valence-corrected chi connectivity index (χ1v) is 10.9. The summed E-state index contributed by atoms with van der Waals surface area (Å²) in [5, 5.41) is 13.1. The number of thiophene rings is 1. The highest BCUT2D eigenvalue weighted by Gasteiger charge is 2.25. The molecule has 2 amide bonds. The van der Waals surface area contributed by atoms with Crippen molar-refractivity contribution in [3.63, 3.8) is 0 Å². The number of anilines is 1. The van der Waals surface area contributed by atoms with Crippen LogP contribution in [0.2, 0.25) is 5.02 Å². The number of benzene rings is 1. The van der Waals surface area contributed by atoms with Crippen molar-refractivity contribution in [3.8, 4) is 17.4 Å². The van der Waals surface area contributed by atoms with Crippen molar-refractivity contribution >= 4 is 45.8 Å². The monoisotopic (exact) mass is 451 g/mol. The Labute approximate surface area is 187 Å². The Morgan fingerprint density at radius 2 is 1.97 bits per heavy atom. The Bertz CT molecular complexity index is 1250. The van der Waals surface area contributed by atoms with Gasteiger partial charge in [0.25, 0.3) is 11.8 Å². The van der Waals surface area contributed by atoms with Crippen LogP contribution in [-0.2, 0) is 17.6 Å². The molecule has 0 saturated heterocycles. The van der Waals surface area contributed by atoms with E-state index in [-0.39, 0.29) is 5.57 Å². The second-order valence-electron chi connectivity index (χ2n) is 7.09. The van der Waals surface area contributed by atoms with E-state index >= 15 is 0 Å². The standard InChI is InChI=1S/C23H18ClN3O3S/c24-17-7-3-1-5-15(17)18-10-9-14(30-18)11-13(12-25)22(29)27-23-20(21(26)28)16-6-2-4-8-19(16)31-23/h1,3,5,7,9-11H,2,4,6,8H2,(H2,26,28)(H,27,29)/b13-11+. The van der Waals surface area contributed by atoms with Crippen LogP contribution in [0.1, 0.15) is 39.4 Å². The number of furan rings is 1. The Hall–Kier alpha value is -3.34. The molecule has 0 saturated carbocycles. The second-order valence-corrected chi connectivity index (χ2v) is 8.60. The number of nitrogens with zero attached hydrogens (tertiary/aromatic N) is 1. The molecule has 0 spiro atoms. The summed E-state index contributed by atoms with van der Waals surface area (Å²) in [6.45, 7) is 0. The maximum absolute atomic E-state index is 12.8. The molecule has 6 nitrogen and oxygen atoms in total. The van der Waals surface area contributed by atoms with E-state index in [4.69, 9.17) is 21.8 Å². The highest BCUT2D eigenvalue weighted by Crippen LogP contribution is 2.38. The summed E-state index contributed by atoms with van der Waals surface area (Å²) in [6, 6.07) is 12.5. The summed E-state index contributed by atoms with van der Waals surface area (Å²) in [7, 11) is 0. The Balaban J connectivity index is 1.60. The summed E-state index contributed by atoms with van der Waals surface area (Å²) in [5.74, 6) is -0.342. The van der Waals surface area contributed by atoms with Crippen molar-refractivity contribution < 1.29 is 14.0 Å². The second kappa shape index (κ2) is 8.80. The minimum Gasteiger partial charge on any atom is -0.457 e. The number of nitrogens with two attached hydrogens (primary N) is 1. The Morgan fingerprint density at radius 3 is 2.71 bits per heavy atom. The third-order valence-corrected chi connectivity index (χ3v) is 6.60. The lowest BCUT2D eigenvalue weighted by molar-refractivity contribution is -0.112. The van der Waals surface area contributed by atoms with Crippen molar-refractivity contribution in [1.29, 1.82) is 5.26 Å². The molecule has 2 heterocycles. The van der Waals surface area contributed by atoms with Crippen LogP contribution < -0.4 is 11.1 Å². The van der Waals surface area contributed by atoms with Crippen LogP contribution >= 0.6 is 22.9 Å². The van der Waals surface area contributed by atoms with E-state index in [2.05, 4.69) is 5.32 Å². The quantitative estimate of drug-likeness (QED) is 0.411. The van der Waals surface area contributed by atoms with Gasteiger partial charge in [-0.15, -0.1) is 11.3 Å². The smallest absolute Gasteiger partial charge is 0.267 e. The fraction of sp³-hybridized carbons (Fsp3) is 0.174. The summed E-state index contributed by atoms with van der Waals surface area (Å²) in [5.41, 5.74) is 7.40. The molecule has 0 fully saturated rings. The first-order valence-electron chi connectivity index (χ1n) is 9.70. The number of halogens is 1. The molecule has 4 rings (SSSR count). The van der Waals surface area contributed by atoms with Crippen LogP contribution in [0.25, 0.3) is 17.4 Å². The predicted octanol–water partition coefficient (Wildman–Crippen LogP) is 5.18. The zero-order valence-corrected chi connectivity index (χ0v) is 18.0. The molecule has 0 aliphatic heterocycles. The van der Waals surface area contributed by atoms with Gasteiger partial charge in [0, 0.05) is 16.5 Å². The number of primary amides is 1. The molecule has 2 aromatic heterocycles. The number of hydrogen-bond donors (Lipinski definition) is 2. The zero-order valence-electron chi connectivity index (χ0n) is 16.4. The van der Waals surface area contributed by atoms with Gasteiger partial charge in [0.2, 0.25) is 0 Å². The fourth-order valence-corrected chi connectivity index (χ4v) is 5.13. The van der Waals surface area contributed by atoms with Crippen LogP contribution in [-0.4, -0.2) is 11.8 Å². The minimum atomic E-state index is -0.626. The van der Waals surface area contributed by atoms with Crippen molar-refractivity contribution in [1.82, 2.24) is 0 Å². The maximum atomic E-state index is 12.8. The Morgan fingerprint density at radius 1 is 1.19 bits per heavy atom. The molecular formula is C23H18ClN3O3S. The summed E-state index contributed by atoms with van der Waals surface area (Å²) in [4.78, 5) is 25.8. The van der Waals surface area contributed by atoms with Crippen molar-refractivity contribution in [2.75, 3.05) is 5.32 Å². The largest absolute Gasteiger partial charge is 0.457 e. The molecule has 31 heavy (non-hydrogen) atoms. The predicted molar refractivity (Wildman–Crippen MR) is 121 cm³/mol. The van der Waals surface area contributed by atoms with Crippen LogP contribution in [0, 0.1) is 11.3 Å². The number of hydrogen-bond acceptors (Lipinski definition) is 5. The molecule has 3 N–H and O–H groups in total. The maximum Gasteiger partial charge on any atom is 0.267 e. The summed E-state index contributed by atoms with van der Waals surface area (Å²) < 4.78 is 5.75. The van der Waals surface area contributed by atoms with Gasteiger partial charge in [-0.25, -0.2) is 0 Å². The van der Waals surface area contributed by atoms with E-state index in [1.807, 2.05) is 24.3 Å². The number of fused-ring (bicyclic) bond motifs is 1. The lowest BCUT2D eigenvalue weighted by Gasteiger charge is -2.11. The number of nitriles is 1. The van der Waals surface area contributed by atoms with Gasteiger partial charge < -0.3 is 15.5 Å². The van der Waals surface area contributed by atoms with E-state index in [1.54, 1.807) is 18.2 Å². The number of rotatable bonds is 5. The average Bonchev–Trinajstić information content (AvgIpc) is 3.36. The molecule has 1 aliphatic carbocycles. The Kier molecular flexibility index (Phi) is 5.94. The van der Waals surface area contributed by atoms with E-state index in [0.29, 0.717) is 32.7 Å². The number of aryl methyl sites for hydroxylation is 1. The van der Waals surface area contributed by atoms with Gasteiger partial charge in [-0.05, 0) is 55.5 Å². The third kappa shape index (κ3) is 4.26. The van der Waals surface area contributed by atoms with E-state index < -0.39 is 11.8 Å². The van der Waals surface area contributed by atoms with E-state index in [9.17, 15) is 14.9 Å². The molecule has 156 valence electrons. The van der Waals surface area contributed by atoms with Crippen LogP contribution in [0.5, 0.6) is 0 Å². The normalized spacial score (nSPS) is 13.4. The number of carbonyl (C=O) groups is 2. The molecule has 0 bridgehead atoms. The van der Waals surface area contributed by atoms with E-state index in [0.717, 1.165) is 36.1 Å². The minimum absolute atomic E-state index is 0.151. The molecule has 1 aliphatic rings. The highest BCUT2D eigenvalue weighted by molar-refractivity contribution is 7.17. The topological polar surface area (TPSA) is 109 Å². The van der Waals surface area contributed by atoms with Gasteiger partial charge in [-0.3, -0.25) is 9.59 Å². The third-order valence-electron chi connectivity index (χ3n) is 5.06. The van der Waals surface area contributed by atoms with Crippen LogP contribution in [0.4, 0.5) is 5.00 Å². The van der Waals surface area contributed by atoms with Gasteiger partial charge >= 0.3 is 0 Å². The number of amides is 2. The molecule has 1 aromatic carbocycles. The summed E-state index contributed by atoms with van der Waals surface area (Å²) in [6.07, 6.45) is 4.99. The SMILES string of the molecule is N#C/C(=C\c1ccc(-c2ccccc2Cl)o1)C(=O)Nc1sc2c(c1C(N)=O)CCCC2. The van der Waals surface area contributed by atoms with E-state index in [1.165, 1.54) is 17.4 Å². The number of carbonyl (C=O) groups excluding carboxylic acids is 2. The molecule has 8 heteroatoms. The van der Waals surface area contributed by atoms with Crippen molar-refractivity contribution in [2.24, 2.45) is 5.73 Å². The van der Waals surface area contributed by atoms with Crippen molar-refractivity contribution in [2.45, 2.75) is 25.7 Å². The lowest BCUT2D eigenvalue weighted by atomic mass is 9.95. The zero-order chi connectivity index (χ0) is 22.0. The van der Waals surface area contributed by atoms with Crippen LogP contribution in [0.3, 0.4) is 0 Å². The van der Waals surface area contributed by atoms with Gasteiger partial charge in [-0.1, -0.05) is 23.7 Å². The summed E-state index contributed by atoms with van der Waals surface area (Å²) >= 11 is 7.54. The van der Waals surface area contributed by atoms with Crippen LogP contribution in [0.15, 0.2) is 46.4 Å². The highest BCUT2D eigenvalue weighted by atomic mass is 35.5. The first-order chi connectivity index (χ1) is 15.0. The molecular weight excluding hydrogens is 434 g/mol. The molecule has 0 radical (unpaired) electrons. The van der Waals surface area contributed by atoms with Gasteiger partial charge in [0.1, 0.15) is 28.2 Å². The molecule has 3 aromatic rings. The van der Waals surface area contributed by atoms with Gasteiger partial charge in [0.15, 0.2) is 0 Å². The molecule has 0 unspecified atom stereocenters.